The first-order valence-corrected chi connectivity index (χ1v) is 10.7. The van der Waals surface area contributed by atoms with Gasteiger partial charge in [0.1, 0.15) is 0 Å². The highest BCUT2D eigenvalue weighted by atomic mass is 16.1. The summed E-state index contributed by atoms with van der Waals surface area (Å²) in [5, 5.41) is 11.2. The van der Waals surface area contributed by atoms with Gasteiger partial charge in [0.2, 0.25) is 0 Å². The summed E-state index contributed by atoms with van der Waals surface area (Å²) in [6, 6.07) is 12.5. The third-order valence-electron chi connectivity index (χ3n) is 6.15. The number of piperidine rings is 1. The predicted molar refractivity (Wildman–Crippen MR) is 122 cm³/mol. The summed E-state index contributed by atoms with van der Waals surface area (Å²) >= 11 is 0. The van der Waals surface area contributed by atoms with Crippen molar-refractivity contribution in [3.8, 4) is 5.69 Å². The van der Waals surface area contributed by atoms with Gasteiger partial charge in [-0.25, -0.2) is 4.68 Å². The van der Waals surface area contributed by atoms with E-state index in [1.807, 2.05) is 30.7 Å². The van der Waals surface area contributed by atoms with Crippen LogP contribution in [0.1, 0.15) is 57.1 Å². The molecule has 2 N–H and O–H groups in total. The van der Waals surface area contributed by atoms with Crippen LogP contribution in [-0.4, -0.2) is 28.8 Å². The maximum absolute atomic E-state index is 13.3. The number of carbonyl (C=O) groups excluding carboxylic acids is 1. The van der Waals surface area contributed by atoms with E-state index in [4.69, 9.17) is 0 Å². The van der Waals surface area contributed by atoms with Crippen LogP contribution in [0.5, 0.6) is 0 Å². The molecular weight excluding hydrogens is 372 g/mol. The number of hydrogen-bond acceptors (Lipinski definition) is 3. The average Bonchev–Trinajstić information content (AvgIpc) is 3.18. The van der Waals surface area contributed by atoms with Gasteiger partial charge in [-0.2, -0.15) is 5.10 Å². The van der Waals surface area contributed by atoms with Gasteiger partial charge in [0.25, 0.3) is 5.91 Å². The molecule has 1 aliphatic rings. The fraction of sp³-hybridized carbons (Fsp3) is 0.360. The molecule has 0 radical (unpaired) electrons. The minimum Gasteiger partial charge on any atom is -0.322 e. The van der Waals surface area contributed by atoms with Crippen LogP contribution in [0.15, 0.2) is 42.6 Å². The predicted octanol–water partition coefficient (Wildman–Crippen LogP) is 4.83. The number of benzene rings is 2. The Bertz CT molecular complexity index is 1080. The van der Waals surface area contributed by atoms with Crippen molar-refractivity contribution in [3.63, 3.8) is 0 Å². The molecule has 0 unspecified atom stereocenters. The van der Waals surface area contributed by atoms with Gasteiger partial charge in [-0.05, 0) is 94.1 Å². The molecule has 1 saturated heterocycles. The molecule has 0 aliphatic carbocycles. The molecular formula is C25H30N4O. The topological polar surface area (TPSA) is 59.0 Å². The van der Waals surface area contributed by atoms with Crippen molar-refractivity contribution in [2.75, 3.05) is 18.4 Å². The Kier molecular flexibility index (Phi) is 5.73. The van der Waals surface area contributed by atoms with E-state index in [1.165, 1.54) is 11.1 Å². The largest absolute Gasteiger partial charge is 0.322 e. The van der Waals surface area contributed by atoms with Gasteiger partial charge >= 0.3 is 0 Å². The van der Waals surface area contributed by atoms with Crippen LogP contribution >= 0.6 is 0 Å². The Labute approximate surface area is 178 Å². The van der Waals surface area contributed by atoms with Crippen molar-refractivity contribution in [3.05, 3.63) is 76.1 Å². The summed E-state index contributed by atoms with van der Waals surface area (Å²) in [7, 11) is 0. The number of aromatic nitrogens is 2. The molecule has 0 spiro atoms. The molecule has 0 saturated carbocycles. The standard InChI is InChI=1S/C25H30N4O/c1-16-5-6-18(3)23(13-16)28-25(30)22-15-27-29(21-8-7-17(2)19(4)14-21)24(22)20-9-11-26-12-10-20/h5-8,13-15,20,26H,9-12H2,1-4H3,(H,28,30). The fourth-order valence-corrected chi connectivity index (χ4v) is 4.14. The van der Waals surface area contributed by atoms with Crippen molar-refractivity contribution in [2.24, 2.45) is 0 Å². The van der Waals surface area contributed by atoms with E-state index in [0.29, 0.717) is 11.5 Å². The summed E-state index contributed by atoms with van der Waals surface area (Å²) in [6.45, 7) is 10.2. The van der Waals surface area contributed by atoms with Crippen LogP contribution in [0, 0.1) is 27.7 Å². The maximum Gasteiger partial charge on any atom is 0.259 e. The van der Waals surface area contributed by atoms with E-state index in [2.05, 4.69) is 53.8 Å². The smallest absolute Gasteiger partial charge is 0.259 e. The zero-order valence-electron chi connectivity index (χ0n) is 18.2. The van der Waals surface area contributed by atoms with Crippen molar-refractivity contribution in [2.45, 2.75) is 46.5 Å². The van der Waals surface area contributed by atoms with E-state index in [0.717, 1.165) is 54.1 Å². The first-order chi connectivity index (χ1) is 14.4. The Morgan fingerprint density at radius 3 is 2.47 bits per heavy atom. The molecule has 5 heteroatoms. The molecule has 0 bridgehead atoms. The van der Waals surface area contributed by atoms with Crippen LogP contribution in [0.2, 0.25) is 0 Å². The first kappa shape index (κ1) is 20.4. The third kappa shape index (κ3) is 4.03. The molecule has 2 heterocycles. The lowest BCUT2D eigenvalue weighted by Crippen LogP contribution is -2.29. The molecule has 3 aromatic rings. The maximum atomic E-state index is 13.3. The quantitative estimate of drug-likeness (QED) is 0.657. The number of nitrogens with zero attached hydrogens (tertiary/aromatic N) is 2. The average molecular weight is 403 g/mol. The number of rotatable bonds is 4. The van der Waals surface area contributed by atoms with Crippen LogP contribution in [-0.2, 0) is 0 Å². The van der Waals surface area contributed by atoms with Gasteiger partial charge in [-0.3, -0.25) is 4.79 Å². The second-order valence-electron chi connectivity index (χ2n) is 8.42. The normalized spacial score (nSPS) is 14.7. The molecule has 2 aromatic carbocycles. The minimum absolute atomic E-state index is 0.0904. The van der Waals surface area contributed by atoms with Gasteiger partial charge in [-0.1, -0.05) is 18.2 Å². The van der Waals surface area contributed by atoms with Crippen LogP contribution in [0.25, 0.3) is 5.69 Å². The highest BCUT2D eigenvalue weighted by molar-refractivity contribution is 6.05. The SMILES string of the molecule is Cc1ccc(C)c(NC(=O)c2cnn(-c3ccc(C)c(C)c3)c2C2CCNCC2)c1. The van der Waals surface area contributed by atoms with Crippen molar-refractivity contribution in [1.82, 2.24) is 15.1 Å². The molecule has 1 amide bonds. The summed E-state index contributed by atoms with van der Waals surface area (Å²) in [4.78, 5) is 13.3. The van der Waals surface area contributed by atoms with Gasteiger partial charge in [0.05, 0.1) is 23.1 Å². The Balaban J connectivity index is 1.75. The summed E-state index contributed by atoms with van der Waals surface area (Å²) < 4.78 is 1.97. The summed E-state index contributed by atoms with van der Waals surface area (Å²) in [5.41, 5.74) is 8.21. The first-order valence-electron chi connectivity index (χ1n) is 10.7. The van der Waals surface area contributed by atoms with E-state index in [-0.39, 0.29) is 5.91 Å². The molecule has 1 aromatic heterocycles. The van der Waals surface area contributed by atoms with Gasteiger partial charge in [0, 0.05) is 11.6 Å². The van der Waals surface area contributed by atoms with Crippen molar-refractivity contribution < 1.29 is 4.79 Å². The monoisotopic (exact) mass is 402 g/mol. The number of hydrogen-bond donors (Lipinski definition) is 2. The third-order valence-corrected chi connectivity index (χ3v) is 6.15. The Morgan fingerprint density at radius 1 is 1.00 bits per heavy atom. The number of aryl methyl sites for hydroxylation is 4. The molecule has 4 rings (SSSR count). The highest BCUT2D eigenvalue weighted by Gasteiger charge is 2.27. The fourth-order valence-electron chi connectivity index (χ4n) is 4.14. The molecule has 1 fully saturated rings. The van der Waals surface area contributed by atoms with E-state index < -0.39 is 0 Å². The molecule has 0 atom stereocenters. The molecule has 30 heavy (non-hydrogen) atoms. The van der Waals surface area contributed by atoms with Crippen LogP contribution < -0.4 is 10.6 Å². The minimum atomic E-state index is -0.0904. The van der Waals surface area contributed by atoms with Gasteiger partial charge in [-0.15, -0.1) is 0 Å². The Hall–Kier alpha value is -2.92. The van der Waals surface area contributed by atoms with Crippen molar-refractivity contribution in [1.29, 1.82) is 0 Å². The summed E-state index contributed by atoms with van der Waals surface area (Å²) in [5.74, 6) is 0.210. The van der Waals surface area contributed by atoms with Gasteiger partial charge < -0.3 is 10.6 Å². The lowest BCUT2D eigenvalue weighted by atomic mass is 9.91. The number of anilines is 1. The lowest BCUT2D eigenvalue weighted by Gasteiger charge is -2.25. The second-order valence-corrected chi connectivity index (χ2v) is 8.42. The zero-order chi connectivity index (χ0) is 21.3. The second kappa shape index (κ2) is 8.44. The number of amides is 1. The lowest BCUT2D eigenvalue weighted by molar-refractivity contribution is 0.102. The van der Waals surface area contributed by atoms with Crippen LogP contribution in [0.3, 0.4) is 0 Å². The molecule has 1 aliphatic heterocycles. The van der Waals surface area contributed by atoms with E-state index in [9.17, 15) is 4.79 Å². The molecule has 156 valence electrons. The van der Waals surface area contributed by atoms with Crippen molar-refractivity contribution >= 4 is 11.6 Å². The van der Waals surface area contributed by atoms with E-state index >= 15 is 0 Å². The summed E-state index contributed by atoms with van der Waals surface area (Å²) in [6.07, 6.45) is 3.73. The highest BCUT2D eigenvalue weighted by Crippen LogP contribution is 2.31. The Morgan fingerprint density at radius 2 is 1.73 bits per heavy atom. The number of nitrogens with one attached hydrogen (secondary N) is 2. The van der Waals surface area contributed by atoms with Crippen LogP contribution in [0.4, 0.5) is 5.69 Å². The van der Waals surface area contributed by atoms with E-state index in [1.54, 1.807) is 6.20 Å². The van der Waals surface area contributed by atoms with Gasteiger partial charge in [0.15, 0.2) is 0 Å². The molecule has 5 nitrogen and oxygen atoms in total. The number of carbonyl (C=O) groups is 1. The zero-order valence-corrected chi connectivity index (χ0v) is 18.2.